The Morgan fingerprint density at radius 1 is 1.42 bits per heavy atom. The number of aliphatic carboxylic acids is 1. The molecule has 104 valence electrons. The monoisotopic (exact) mass is 287 g/mol. The number of aryl methyl sites for hydroxylation is 1. The SMILES string of the molecule is Cc1cc(Cl)c(C(=O)NC(C)(C)CC(=O)O)cc1F. The number of carboxylic acid groups (broad SMARTS) is 1. The Morgan fingerprint density at radius 2 is 2.00 bits per heavy atom. The molecule has 0 bridgehead atoms. The Kier molecular flexibility index (Phi) is 4.52. The Balaban J connectivity index is 2.96. The van der Waals surface area contributed by atoms with Crippen molar-refractivity contribution in [1.29, 1.82) is 0 Å². The standard InChI is InChI=1S/C13H15ClFNO3/c1-7-4-9(14)8(5-10(7)15)12(19)16-13(2,3)6-11(17)18/h4-5H,6H2,1-3H3,(H,16,19)(H,17,18). The van der Waals surface area contributed by atoms with Crippen LogP contribution in [-0.2, 0) is 4.79 Å². The van der Waals surface area contributed by atoms with Crippen LogP contribution in [0.5, 0.6) is 0 Å². The molecule has 6 heteroatoms. The highest BCUT2D eigenvalue weighted by molar-refractivity contribution is 6.33. The highest BCUT2D eigenvalue weighted by Gasteiger charge is 2.25. The quantitative estimate of drug-likeness (QED) is 0.895. The van der Waals surface area contributed by atoms with Crippen LogP contribution in [0, 0.1) is 12.7 Å². The van der Waals surface area contributed by atoms with Gasteiger partial charge in [0.05, 0.1) is 17.0 Å². The third-order valence-corrected chi connectivity index (χ3v) is 2.85. The molecular weight excluding hydrogens is 273 g/mol. The lowest BCUT2D eigenvalue weighted by Gasteiger charge is -2.24. The molecule has 2 N–H and O–H groups in total. The van der Waals surface area contributed by atoms with Crippen molar-refractivity contribution in [3.8, 4) is 0 Å². The largest absolute Gasteiger partial charge is 0.481 e. The van der Waals surface area contributed by atoms with E-state index < -0.39 is 23.2 Å². The lowest BCUT2D eigenvalue weighted by atomic mass is 10.00. The van der Waals surface area contributed by atoms with E-state index in [1.54, 1.807) is 13.8 Å². The van der Waals surface area contributed by atoms with Crippen LogP contribution in [0.15, 0.2) is 12.1 Å². The lowest BCUT2D eigenvalue weighted by molar-refractivity contribution is -0.138. The summed E-state index contributed by atoms with van der Waals surface area (Å²) in [5.41, 5.74) is -0.622. The number of nitrogens with one attached hydrogen (secondary N) is 1. The van der Waals surface area contributed by atoms with Crippen LogP contribution in [-0.4, -0.2) is 22.5 Å². The Hall–Kier alpha value is -1.62. The fourth-order valence-electron chi connectivity index (χ4n) is 1.62. The van der Waals surface area contributed by atoms with Gasteiger partial charge in [-0.05, 0) is 38.5 Å². The maximum atomic E-state index is 13.4. The normalized spacial score (nSPS) is 11.2. The number of hydrogen-bond donors (Lipinski definition) is 2. The minimum absolute atomic E-state index is 0.0109. The van der Waals surface area contributed by atoms with Gasteiger partial charge in [-0.15, -0.1) is 0 Å². The minimum Gasteiger partial charge on any atom is -0.481 e. The van der Waals surface area contributed by atoms with Crippen LogP contribution in [0.3, 0.4) is 0 Å². The zero-order chi connectivity index (χ0) is 14.8. The van der Waals surface area contributed by atoms with Gasteiger partial charge in [0.2, 0.25) is 0 Å². The van der Waals surface area contributed by atoms with Gasteiger partial charge in [0, 0.05) is 5.54 Å². The van der Waals surface area contributed by atoms with Crippen molar-refractivity contribution in [2.75, 3.05) is 0 Å². The molecule has 0 aliphatic rings. The maximum absolute atomic E-state index is 13.4. The summed E-state index contributed by atoms with van der Waals surface area (Å²) < 4.78 is 13.4. The van der Waals surface area contributed by atoms with Crippen LogP contribution >= 0.6 is 11.6 Å². The zero-order valence-corrected chi connectivity index (χ0v) is 11.6. The zero-order valence-electron chi connectivity index (χ0n) is 10.9. The lowest BCUT2D eigenvalue weighted by Crippen LogP contribution is -2.45. The molecule has 1 rings (SSSR count). The molecule has 0 radical (unpaired) electrons. The van der Waals surface area contributed by atoms with Crippen LogP contribution in [0.4, 0.5) is 4.39 Å². The second-order valence-corrected chi connectivity index (χ2v) is 5.40. The van der Waals surface area contributed by atoms with E-state index >= 15 is 0 Å². The van der Waals surface area contributed by atoms with E-state index in [1.165, 1.54) is 13.0 Å². The van der Waals surface area contributed by atoms with Crippen molar-refractivity contribution in [2.45, 2.75) is 32.7 Å². The Labute approximate surface area is 115 Å². The molecule has 4 nitrogen and oxygen atoms in total. The van der Waals surface area contributed by atoms with Gasteiger partial charge in [0.15, 0.2) is 0 Å². The fourth-order valence-corrected chi connectivity index (χ4v) is 1.92. The molecular formula is C13H15ClFNO3. The van der Waals surface area contributed by atoms with Crippen molar-refractivity contribution < 1.29 is 19.1 Å². The van der Waals surface area contributed by atoms with Gasteiger partial charge in [-0.2, -0.15) is 0 Å². The van der Waals surface area contributed by atoms with Crippen molar-refractivity contribution >= 4 is 23.5 Å². The van der Waals surface area contributed by atoms with Crippen LogP contribution < -0.4 is 5.32 Å². The number of halogens is 2. The van der Waals surface area contributed by atoms with Gasteiger partial charge >= 0.3 is 5.97 Å². The van der Waals surface area contributed by atoms with E-state index in [-0.39, 0.29) is 17.0 Å². The number of benzene rings is 1. The summed E-state index contributed by atoms with van der Waals surface area (Å²) in [5.74, 6) is -2.17. The molecule has 1 amide bonds. The number of carbonyl (C=O) groups excluding carboxylic acids is 1. The molecule has 1 aromatic rings. The highest BCUT2D eigenvalue weighted by atomic mass is 35.5. The summed E-state index contributed by atoms with van der Waals surface area (Å²) in [7, 11) is 0. The molecule has 0 saturated carbocycles. The first-order valence-corrected chi connectivity index (χ1v) is 6.00. The molecule has 0 aliphatic heterocycles. The van der Waals surface area contributed by atoms with Gasteiger partial charge in [-0.1, -0.05) is 11.6 Å². The first-order chi connectivity index (χ1) is 8.62. The highest BCUT2D eigenvalue weighted by Crippen LogP contribution is 2.21. The van der Waals surface area contributed by atoms with E-state index in [4.69, 9.17) is 16.7 Å². The van der Waals surface area contributed by atoms with Gasteiger partial charge < -0.3 is 10.4 Å². The summed E-state index contributed by atoms with van der Waals surface area (Å²) >= 11 is 5.89. The molecule has 0 atom stereocenters. The van der Waals surface area contributed by atoms with Crippen LogP contribution in [0.1, 0.15) is 36.2 Å². The van der Waals surface area contributed by atoms with E-state index in [0.29, 0.717) is 5.56 Å². The van der Waals surface area contributed by atoms with E-state index in [2.05, 4.69) is 5.32 Å². The Bertz CT molecular complexity index is 529. The molecule has 0 fully saturated rings. The van der Waals surface area contributed by atoms with Gasteiger partial charge in [-0.3, -0.25) is 9.59 Å². The smallest absolute Gasteiger partial charge is 0.305 e. The van der Waals surface area contributed by atoms with Crippen molar-refractivity contribution in [3.63, 3.8) is 0 Å². The average molecular weight is 288 g/mol. The second-order valence-electron chi connectivity index (χ2n) is 4.99. The van der Waals surface area contributed by atoms with Gasteiger partial charge in [-0.25, -0.2) is 4.39 Å². The minimum atomic E-state index is -1.04. The topological polar surface area (TPSA) is 66.4 Å². The van der Waals surface area contributed by atoms with Crippen molar-refractivity contribution in [2.24, 2.45) is 0 Å². The molecule has 19 heavy (non-hydrogen) atoms. The first-order valence-electron chi connectivity index (χ1n) is 5.62. The van der Waals surface area contributed by atoms with E-state index in [1.807, 2.05) is 0 Å². The van der Waals surface area contributed by atoms with E-state index in [9.17, 15) is 14.0 Å². The molecule has 0 heterocycles. The predicted octanol–water partition coefficient (Wildman–Crippen LogP) is 2.77. The van der Waals surface area contributed by atoms with Crippen molar-refractivity contribution in [3.05, 3.63) is 34.1 Å². The predicted molar refractivity (Wildman–Crippen MR) is 69.9 cm³/mol. The van der Waals surface area contributed by atoms with Gasteiger partial charge in [0.1, 0.15) is 5.82 Å². The third kappa shape index (κ3) is 4.21. The fraction of sp³-hybridized carbons (Fsp3) is 0.385. The summed E-state index contributed by atoms with van der Waals surface area (Å²) in [6.45, 7) is 4.67. The number of rotatable bonds is 4. The second kappa shape index (κ2) is 5.57. The number of carbonyl (C=O) groups is 2. The van der Waals surface area contributed by atoms with Crippen LogP contribution in [0.2, 0.25) is 5.02 Å². The van der Waals surface area contributed by atoms with E-state index in [0.717, 1.165) is 6.07 Å². The summed E-state index contributed by atoms with van der Waals surface area (Å²) in [6, 6.07) is 2.40. The number of carboxylic acids is 1. The summed E-state index contributed by atoms with van der Waals surface area (Å²) in [4.78, 5) is 22.6. The third-order valence-electron chi connectivity index (χ3n) is 2.54. The molecule has 0 saturated heterocycles. The Morgan fingerprint density at radius 3 is 2.53 bits per heavy atom. The number of hydrogen-bond acceptors (Lipinski definition) is 2. The summed E-state index contributed by atoms with van der Waals surface area (Å²) in [6.07, 6.45) is -0.245. The number of amides is 1. The average Bonchev–Trinajstić information content (AvgIpc) is 2.20. The van der Waals surface area contributed by atoms with Crippen LogP contribution in [0.25, 0.3) is 0 Å². The molecule has 0 aliphatic carbocycles. The molecule has 0 aromatic heterocycles. The molecule has 1 aromatic carbocycles. The first kappa shape index (κ1) is 15.4. The molecule has 0 spiro atoms. The molecule has 0 unspecified atom stereocenters. The summed E-state index contributed by atoms with van der Waals surface area (Å²) in [5, 5.41) is 11.4. The van der Waals surface area contributed by atoms with Gasteiger partial charge in [0.25, 0.3) is 5.91 Å². The maximum Gasteiger partial charge on any atom is 0.305 e. The van der Waals surface area contributed by atoms with Crippen molar-refractivity contribution in [1.82, 2.24) is 5.32 Å².